The van der Waals surface area contributed by atoms with Gasteiger partial charge in [-0.15, -0.1) is 0 Å². The number of hydrogen-bond donors (Lipinski definition) is 20. The van der Waals surface area contributed by atoms with E-state index in [1.165, 1.54) is 6.92 Å². The molecule has 432 valence electrons. The lowest BCUT2D eigenvalue weighted by molar-refractivity contribution is -0.135. The zero-order valence-electron chi connectivity index (χ0n) is 44.4. The molecule has 3 aromatic rings. The molecule has 1 saturated heterocycles. The van der Waals surface area contributed by atoms with Crippen molar-refractivity contribution in [2.24, 2.45) is 22.9 Å². The van der Waals surface area contributed by atoms with Crippen LogP contribution in [-0.4, -0.2) is 150 Å². The number of fused-ring (bicyclic) bond motifs is 1. The third-order valence-electron chi connectivity index (χ3n) is 12.9. The summed E-state index contributed by atoms with van der Waals surface area (Å²) < 4.78 is 0. The Hall–Kier alpha value is -8.53. The second-order valence-electron chi connectivity index (χ2n) is 19.3. The van der Waals surface area contributed by atoms with E-state index in [0.29, 0.717) is 30.4 Å². The molecule has 1 unspecified atom stereocenters. The highest BCUT2D eigenvalue weighted by molar-refractivity contribution is 5.96. The van der Waals surface area contributed by atoms with Crippen LogP contribution in [0.2, 0.25) is 0 Å². The molecule has 1 fully saturated rings. The Labute approximate surface area is 457 Å². The fraction of sp³-hybridized carbons (Fsp3) is 0.510. The number of guanidine groups is 3. The van der Waals surface area contributed by atoms with E-state index < -0.39 is 102 Å². The first-order valence-corrected chi connectivity index (χ1v) is 26.3. The van der Waals surface area contributed by atoms with Gasteiger partial charge in [0, 0.05) is 56.6 Å². The molecule has 2 aromatic carbocycles. The summed E-state index contributed by atoms with van der Waals surface area (Å²) in [6.45, 7) is 1.70. The van der Waals surface area contributed by atoms with Crippen molar-refractivity contribution in [1.82, 2.24) is 63.5 Å². The molecule has 8 amide bonds. The van der Waals surface area contributed by atoms with Crippen molar-refractivity contribution < 1.29 is 43.5 Å². The van der Waals surface area contributed by atoms with Crippen LogP contribution < -0.4 is 81.4 Å². The maximum atomic E-state index is 14.8. The maximum absolute atomic E-state index is 14.8. The number of para-hydroxylation sites is 1. The second kappa shape index (κ2) is 32.9. The van der Waals surface area contributed by atoms with E-state index in [4.69, 9.17) is 39.2 Å². The molecule has 0 aliphatic carbocycles. The molecule has 1 aromatic heterocycles. The Bertz CT molecular complexity index is 2560. The average molecular weight is 1100 g/mol. The number of primary amides is 1. The van der Waals surface area contributed by atoms with Crippen LogP contribution in [0.15, 0.2) is 60.8 Å². The van der Waals surface area contributed by atoms with E-state index in [1.54, 1.807) is 36.5 Å². The van der Waals surface area contributed by atoms with Crippen molar-refractivity contribution in [2.45, 2.75) is 139 Å². The molecule has 1 aliphatic rings. The number of aromatic amines is 1. The highest BCUT2D eigenvalue weighted by Gasteiger charge is 2.35. The van der Waals surface area contributed by atoms with E-state index in [2.05, 4.69) is 63.5 Å². The lowest BCUT2D eigenvalue weighted by atomic mass is 10.0. The van der Waals surface area contributed by atoms with Gasteiger partial charge in [-0.1, -0.05) is 61.4 Å². The van der Waals surface area contributed by atoms with Gasteiger partial charge in [-0.2, -0.15) is 0 Å². The molecule has 28 nitrogen and oxygen atoms in total. The predicted molar refractivity (Wildman–Crippen MR) is 295 cm³/mol. The summed E-state index contributed by atoms with van der Waals surface area (Å²) >= 11 is 0. The molecule has 79 heavy (non-hydrogen) atoms. The smallest absolute Gasteiger partial charge is 0.243 e. The molecule has 24 N–H and O–H groups in total. The van der Waals surface area contributed by atoms with Crippen LogP contribution in [0.1, 0.15) is 88.7 Å². The molecule has 28 heteroatoms. The predicted octanol–water partition coefficient (Wildman–Crippen LogP) is -3.49. The van der Waals surface area contributed by atoms with Crippen molar-refractivity contribution in [3.05, 3.63) is 71.9 Å². The van der Waals surface area contributed by atoms with Crippen molar-refractivity contribution in [2.75, 3.05) is 26.2 Å². The Kier molecular flexibility index (Phi) is 26.3. The number of benzene rings is 2. The molecule has 0 saturated carbocycles. The lowest BCUT2D eigenvalue weighted by Gasteiger charge is -2.31. The Morgan fingerprint density at radius 2 is 1.30 bits per heavy atom. The SMILES string of the molecule is CC(=O)N[C@@H](CCCNC(=N)N)C(=O)N[C@H]1CC(=O)NCCCCC[C@@H](C(N)=O)NC(=O)[C@H](Cc2c[nH]c3ccccc23)NC(=O)[C@H](CCCNC(=N)N)NC(=O)[C@@H](Cc2ccccc2)NC(O)[C@H](CCCNC(=N)N)NC1=O. The van der Waals surface area contributed by atoms with Crippen molar-refractivity contribution >= 4 is 76.0 Å². The number of hydrogen-bond acceptors (Lipinski definition) is 13. The normalized spacial score (nSPS) is 21.7. The maximum Gasteiger partial charge on any atom is 0.243 e. The van der Waals surface area contributed by atoms with Crippen LogP contribution in [-0.2, 0) is 51.2 Å². The number of carbonyl (C=O) groups is 8. The molecule has 0 radical (unpaired) electrons. The van der Waals surface area contributed by atoms with Gasteiger partial charge >= 0.3 is 0 Å². The average Bonchev–Trinajstić information content (AvgIpc) is 3.86. The molecule has 0 spiro atoms. The zero-order valence-corrected chi connectivity index (χ0v) is 44.4. The molecule has 2 heterocycles. The summed E-state index contributed by atoms with van der Waals surface area (Å²) in [4.78, 5) is 114. The van der Waals surface area contributed by atoms with E-state index in [9.17, 15) is 43.5 Å². The summed E-state index contributed by atoms with van der Waals surface area (Å²) in [6.07, 6.45) is 1.01. The summed E-state index contributed by atoms with van der Waals surface area (Å²) in [5.74, 6) is -7.10. The standard InChI is InChI=1S/C51H79N19O9/c1-29(71)64-35(18-10-22-60-49(53)54)43(74)70-40-27-41(72)59-21-9-3-6-17-34(42(52)73)65-47(78)39(26-31-28-63-33-16-8-7-15-32(31)33)69-45(76)37(20-12-24-62-51(57)58)66-46(77)38(25-30-13-4-2-5-14-30)68-44(75)36(67-48(40)79)19-11-23-61-50(55)56/h2,4-5,7-8,13-16,28,34-40,44,63,68,75H,3,6,9-12,17-27H2,1H3,(H2,52,73)(H,59,72)(H,64,71)(H,65,78)(H,66,77)(H,67,79)(H,69,76)(H,70,74)(H4,53,54,60)(H4,55,56,61)(H4,57,58,62)/t34-,35-,36-,37-,38+,39-,40-,44?/m0/s1. The van der Waals surface area contributed by atoms with Crippen LogP contribution in [0, 0.1) is 16.2 Å². The third kappa shape index (κ3) is 22.9. The van der Waals surface area contributed by atoms with Gasteiger partial charge in [0.05, 0.1) is 18.5 Å². The van der Waals surface area contributed by atoms with Crippen molar-refractivity contribution in [3.63, 3.8) is 0 Å². The van der Waals surface area contributed by atoms with Gasteiger partial charge in [0.1, 0.15) is 36.4 Å². The first kappa shape index (κ1) is 63.0. The van der Waals surface area contributed by atoms with Crippen LogP contribution in [0.3, 0.4) is 0 Å². The van der Waals surface area contributed by atoms with Crippen LogP contribution in [0.4, 0.5) is 0 Å². The van der Waals surface area contributed by atoms with Crippen molar-refractivity contribution in [3.8, 4) is 0 Å². The molecular weight excluding hydrogens is 1020 g/mol. The zero-order chi connectivity index (χ0) is 57.9. The third-order valence-corrected chi connectivity index (χ3v) is 12.9. The first-order chi connectivity index (χ1) is 37.7. The Morgan fingerprint density at radius 3 is 1.96 bits per heavy atom. The van der Waals surface area contributed by atoms with Crippen LogP contribution in [0.25, 0.3) is 10.9 Å². The number of amides is 8. The van der Waals surface area contributed by atoms with Gasteiger partial charge in [0.15, 0.2) is 17.9 Å². The number of H-pyrrole nitrogens is 1. The topological polar surface area (TPSA) is 481 Å². The summed E-state index contributed by atoms with van der Waals surface area (Å²) in [5, 5.41) is 65.4. The Balaban J connectivity index is 1.78. The summed E-state index contributed by atoms with van der Waals surface area (Å²) in [5.41, 5.74) is 24.3. The minimum Gasteiger partial charge on any atom is -0.376 e. The number of aliphatic hydroxyl groups is 1. The fourth-order valence-electron chi connectivity index (χ4n) is 8.83. The molecule has 8 atom stereocenters. The van der Waals surface area contributed by atoms with Crippen LogP contribution in [0.5, 0.6) is 0 Å². The fourth-order valence-corrected chi connectivity index (χ4v) is 8.83. The Morgan fingerprint density at radius 1 is 0.696 bits per heavy atom. The van der Waals surface area contributed by atoms with Gasteiger partial charge < -0.3 is 86.2 Å². The molecular formula is C51H79N19O9. The highest BCUT2D eigenvalue weighted by atomic mass is 16.3. The first-order valence-electron chi connectivity index (χ1n) is 26.3. The van der Waals surface area contributed by atoms with Crippen molar-refractivity contribution in [1.29, 1.82) is 16.2 Å². The molecule has 0 bridgehead atoms. The van der Waals surface area contributed by atoms with Gasteiger partial charge in [-0.05, 0) is 75.0 Å². The monoisotopic (exact) mass is 1100 g/mol. The van der Waals surface area contributed by atoms with Gasteiger partial charge in [-0.25, -0.2) is 0 Å². The number of nitrogens with one attached hydrogen (secondary N) is 15. The van der Waals surface area contributed by atoms with Gasteiger partial charge in [0.2, 0.25) is 47.3 Å². The quantitative estimate of drug-likeness (QED) is 0.0297. The molecule has 4 rings (SSSR count). The number of aromatic nitrogens is 1. The molecule has 1 aliphatic heterocycles. The van der Waals surface area contributed by atoms with Gasteiger partial charge in [-0.3, -0.25) is 59.9 Å². The minimum atomic E-state index is -1.76. The van der Waals surface area contributed by atoms with E-state index in [1.807, 2.05) is 24.3 Å². The minimum absolute atomic E-state index is 0.0327. The second-order valence-corrected chi connectivity index (χ2v) is 19.3. The number of rotatable bonds is 20. The van der Waals surface area contributed by atoms with E-state index in [0.717, 1.165) is 10.9 Å². The number of nitrogens with two attached hydrogens (primary N) is 4. The number of aliphatic hydroxyl groups excluding tert-OH is 1. The largest absolute Gasteiger partial charge is 0.376 e. The van der Waals surface area contributed by atoms with E-state index in [-0.39, 0.29) is 102 Å². The number of carbonyl (C=O) groups excluding carboxylic acids is 8. The summed E-state index contributed by atoms with van der Waals surface area (Å²) in [7, 11) is 0. The summed E-state index contributed by atoms with van der Waals surface area (Å²) in [6, 6.07) is 6.77. The highest BCUT2D eigenvalue weighted by Crippen LogP contribution is 2.20. The van der Waals surface area contributed by atoms with Crippen LogP contribution >= 0.6 is 0 Å². The lowest BCUT2D eigenvalue weighted by Crippen LogP contribution is -2.62. The van der Waals surface area contributed by atoms with Gasteiger partial charge in [0.25, 0.3) is 0 Å². The van der Waals surface area contributed by atoms with E-state index >= 15 is 0 Å².